The van der Waals surface area contributed by atoms with Crippen molar-refractivity contribution in [1.29, 1.82) is 0 Å². The second-order valence-electron chi connectivity index (χ2n) is 4.39. The Morgan fingerprint density at radius 1 is 1.30 bits per heavy atom. The van der Waals surface area contributed by atoms with Crippen molar-refractivity contribution in [3.63, 3.8) is 0 Å². The second kappa shape index (κ2) is 6.08. The van der Waals surface area contributed by atoms with E-state index in [1.165, 1.54) is 0 Å². The zero-order valence-corrected chi connectivity index (χ0v) is 14.2. The van der Waals surface area contributed by atoms with E-state index in [9.17, 15) is 0 Å². The largest absolute Gasteiger partial charge is 0.389 e. The van der Waals surface area contributed by atoms with Crippen LogP contribution in [0, 0.1) is 13.8 Å². The third-order valence-corrected chi connectivity index (χ3v) is 3.80. The zero-order valence-electron chi connectivity index (χ0n) is 11.0. The number of halogens is 2. The van der Waals surface area contributed by atoms with Gasteiger partial charge in [-0.05, 0) is 38.1 Å². The molecule has 0 aliphatic heterocycles. The van der Waals surface area contributed by atoms with Crippen LogP contribution in [0.3, 0.4) is 0 Å². The number of aryl methyl sites for hydroxylation is 2. The molecule has 20 heavy (non-hydrogen) atoms. The molecule has 1 heterocycles. The molecule has 0 radical (unpaired) electrons. The second-order valence-corrected chi connectivity index (χ2v) is 6.15. The van der Waals surface area contributed by atoms with Gasteiger partial charge in [-0.25, -0.2) is 0 Å². The first kappa shape index (κ1) is 15.2. The predicted octanol–water partition coefficient (Wildman–Crippen LogP) is 4.49. The molecule has 3 nitrogen and oxygen atoms in total. The first-order chi connectivity index (χ1) is 9.38. The lowest BCUT2D eigenvalue weighted by molar-refractivity contribution is 1.12. The molecule has 0 aliphatic carbocycles. The van der Waals surface area contributed by atoms with Gasteiger partial charge in [-0.1, -0.05) is 39.7 Å². The summed E-state index contributed by atoms with van der Waals surface area (Å²) in [7, 11) is 0. The normalized spacial score (nSPS) is 10.4. The van der Waals surface area contributed by atoms with Crippen LogP contribution in [0.2, 0.25) is 5.02 Å². The van der Waals surface area contributed by atoms with Crippen molar-refractivity contribution in [1.82, 2.24) is 4.98 Å². The molecule has 1 aromatic carbocycles. The molecule has 0 atom stereocenters. The number of pyridine rings is 1. The standard InChI is InChI=1S/C14H13BrClN3S/c1-7-5-12(13(14(17)20)8(2)18-7)19-11-6-9(15)3-4-10(11)16/h3-6H,1-2H3,(H2,17,20)(H,18,19). The first-order valence-corrected chi connectivity index (χ1v) is 7.46. The highest BCUT2D eigenvalue weighted by atomic mass is 79.9. The molecular formula is C14H13BrClN3S. The minimum absolute atomic E-state index is 0.309. The average molecular weight is 371 g/mol. The van der Waals surface area contributed by atoms with E-state index in [-0.39, 0.29) is 0 Å². The lowest BCUT2D eigenvalue weighted by atomic mass is 10.1. The quantitative estimate of drug-likeness (QED) is 0.781. The molecule has 0 bridgehead atoms. The van der Waals surface area contributed by atoms with Gasteiger partial charge in [0, 0.05) is 15.9 Å². The lowest BCUT2D eigenvalue weighted by Gasteiger charge is -2.15. The van der Waals surface area contributed by atoms with E-state index in [0.29, 0.717) is 10.0 Å². The maximum Gasteiger partial charge on any atom is 0.107 e. The Balaban J connectivity index is 2.53. The van der Waals surface area contributed by atoms with Gasteiger partial charge in [0.05, 0.1) is 22.0 Å². The predicted molar refractivity (Wildman–Crippen MR) is 92.0 cm³/mol. The fraction of sp³-hybridized carbons (Fsp3) is 0.143. The van der Waals surface area contributed by atoms with Crippen LogP contribution in [-0.2, 0) is 0 Å². The molecule has 0 saturated heterocycles. The van der Waals surface area contributed by atoms with Crippen molar-refractivity contribution in [2.45, 2.75) is 13.8 Å². The van der Waals surface area contributed by atoms with Gasteiger partial charge in [0.1, 0.15) is 4.99 Å². The van der Waals surface area contributed by atoms with E-state index in [4.69, 9.17) is 29.6 Å². The molecule has 0 unspecified atom stereocenters. The molecule has 0 saturated carbocycles. The number of nitrogens with one attached hydrogen (secondary N) is 1. The monoisotopic (exact) mass is 369 g/mol. The summed E-state index contributed by atoms with van der Waals surface area (Å²) in [5.74, 6) is 0. The molecule has 0 aliphatic rings. The zero-order chi connectivity index (χ0) is 14.9. The van der Waals surface area contributed by atoms with E-state index in [1.54, 1.807) is 0 Å². The maximum absolute atomic E-state index is 6.19. The van der Waals surface area contributed by atoms with Crippen LogP contribution in [0.4, 0.5) is 11.4 Å². The number of aromatic nitrogens is 1. The van der Waals surface area contributed by atoms with Crippen molar-refractivity contribution < 1.29 is 0 Å². The van der Waals surface area contributed by atoms with E-state index in [2.05, 4.69) is 26.2 Å². The Kier molecular flexibility index (Phi) is 4.62. The van der Waals surface area contributed by atoms with Crippen LogP contribution in [0.25, 0.3) is 0 Å². The Labute approximate surface area is 136 Å². The van der Waals surface area contributed by atoms with E-state index >= 15 is 0 Å². The number of hydrogen-bond donors (Lipinski definition) is 2. The van der Waals surface area contributed by atoms with Crippen molar-refractivity contribution in [2.75, 3.05) is 5.32 Å². The van der Waals surface area contributed by atoms with Crippen LogP contribution < -0.4 is 11.1 Å². The Morgan fingerprint density at radius 2 is 2.00 bits per heavy atom. The van der Waals surface area contributed by atoms with Crippen LogP contribution >= 0.6 is 39.7 Å². The summed E-state index contributed by atoms with van der Waals surface area (Å²) in [6.07, 6.45) is 0. The molecule has 0 spiro atoms. The molecule has 1 aromatic heterocycles. The first-order valence-electron chi connectivity index (χ1n) is 5.88. The van der Waals surface area contributed by atoms with E-state index in [0.717, 1.165) is 32.8 Å². The fourth-order valence-corrected chi connectivity index (χ4v) is 2.76. The number of hydrogen-bond acceptors (Lipinski definition) is 3. The summed E-state index contributed by atoms with van der Waals surface area (Å²) in [5.41, 5.74) is 9.81. The smallest absolute Gasteiger partial charge is 0.107 e. The molecule has 104 valence electrons. The highest BCUT2D eigenvalue weighted by Gasteiger charge is 2.12. The van der Waals surface area contributed by atoms with Gasteiger partial charge in [-0.3, -0.25) is 4.98 Å². The van der Waals surface area contributed by atoms with Gasteiger partial charge in [0.15, 0.2) is 0 Å². The number of rotatable bonds is 3. The van der Waals surface area contributed by atoms with E-state index in [1.807, 2.05) is 38.1 Å². The number of nitrogens with two attached hydrogens (primary N) is 1. The Bertz CT molecular complexity index is 688. The van der Waals surface area contributed by atoms with Crippen molar-refractivity contribution >= 4 is 56.1 Å². The van der Waals surface area contributed by atoms with E-state index < -0.39 is 0 Å². The summed E-state index contributed by atoms with van der Waals surface area (Å²) in [6.45, 7) is 3.80. The highest BCUT2D eigenvalue weighted by molar-refractivity contribution is 9.10. The third-order valence-electron chi connectivity index (χ3n) is 2.77. The Hall–Kier alpha value is -1.17. The summed E-state index contributed by atoms with van der Waals surface area (Å²) in [4.78, 5) is 4.70. The lowest BCUT2D eigenvalue weighted by Crippen LogP contribution is -2.15. The maximum atomic E-state index is 6.19. The summed E-state index contributed by atoms with van der Waals surface area (Å²) in [6, 6.07) is 7.50. The number of anilines is 2. The topological polar surface area (TPSA) is 50.9 Å². The van der Waals surface area contributed by atoms with Gasteiger partial charge >= 0.3 is 0 Å². The summed E-state index contributed by atoms with van der Waals surface area (Å²) in [5, 5.41) is 3.89. The van der Waals surface area contributed by atoms with Crippen molar-refractivity contribution in [3.8, 4) is 0 Å². The van der Waals surface area contributed by atoms with Gasteiger partial charge in [-0.15, -0.1) is 0 Å². The molecular weight excluding hydrogens is 358 g/mol. The molecule has 2 aromatic rings. The number of thiocarbonyl (C=S) groups is 1. The highest BCUT2D eigenvalue weighted by Crippen LogP contribution is 2.31. The van der Waals surface area contributed by atoms with Gasteiger partial charge in [0.2, 0.25) is 0 Å². The van der Waals surface area contributed by atoms with Crippen molar-refractivity contribution in [2.24, 2.45) is 5.73 Å². The van der Waals surface area contributed by atoms with Crippen LogP contribution in [0.15, 0.2) is 28.7 Å². The van der Waals surface area contributed by atoms with Crippen LogP contribution in [0.5, 0.6) is 0 Å². The number of benzene rings is 1. The van der Waals surface area contributed by atoms with Gasteiger partial charge in [-0.2, -0.15) is 0 Å². The van der Waals surface area contributed by atoms with Gasteiger partial charge < -0.3 is 11.1 Å². The van der Waals surface area contributed by atoms with Gasteiger partial charge in [0.25, 0.3) is 0 Å². The van der Waals surface area contributed by atoms with Crippen molar-refractivity contribution in [3.05, 3.63) is 50.7 Å². The minimum atomic E-state index is 0.309. The number of nitrogens with zero attached hydrogens (tertiary/aromatic N) is 1. The third kappa shape index (κ3) is 3.29. The molecule has 2 rings (SSSR count). The fourth-order valence-electron chi connectivity index (χ4n) is 1.98. The molecule has 0 amide bonds. The molecule has 3 N–H and O–H groups in total. The van der Waals surface area contributed by atoms with Crippen LogP contribution in [0.1, 0.15) is 17.0 Å². The molecule has 6 heteroatoms. The molecule has 0 fully saturated rings. The minimum Gasteiger partial charge on any atom is -0.389 e. The summed E-state index contributed by atoms with van der Waals surface area (Å²) >= 11 is 14.7. The Morgan fingerprint density at radius 3 is 2.65 bits per heavy atom. The SMILES string of the molecule is Cc1cc(Nc2cc(Br)ccc2Cl)c(C(N)=S)c(C)n1. The summed E-state index contributed by atoms with van der Waals surface area (Å²) < 4.78 is 0.934. The van der Waals surface area contributed by atoms with Crippen LogP contribution in [-0.4, -0.2) is 9.97 Å². The average Bonchev–Trinajstić information content (AvgIpc) is 2.32.